The van der Waals surface area contributed by atoms with Gasteiger partial charge in [-0.1, -0.05) is 6.92 Å². The van der Waals surface area contributed by atoms with Gasteiger partial charge in [-0.15, -0.1) is 0 Å². The van der Waals surface area contributed by atoms with Gasteiger partial charge in [-0.25, -0.2) is 0 Å². The van der Waals surface area contributed by atoms with E-state index in [2.05, 4.69) is 0 Å². The third-order valence-electron chi connectivity index (χ3n) is 3.68. The second kappa shape index (κ2) is 5.70. The van der Waals surface area contributed by atoms with E-state index in [1.807, 2.05) is 0 Å². The summed E-state index contributed by atoms with van der Waals surface area (Å²) in [5.41, 5.74) is 0.0680. The van der Waals surface area contributed by atoms with Gasteiger partial charge in [0, 0.05) is 5.92 Å². The fourth-order valence-electron chi connectivity index (χ4n) is 2.84. The molecule has 0 spiro atoms. The molecular weight excluding hydrogens is 265 g/mol. The van der Waals surface area contributed by atoms with Gasteiger partial charge in [-0.05, 0) is 12.5 Å². The molecule has 18 heavy (non-hydrogen) atoms. The average molecular weight is 279 g/mol. The molecule has 4 atom stereocenters. The van der Waals surface area contributed by atoms with E-state index >= 15 is 0 Å². The molecule has 1 saturated heterocycles. The number of hydrogen-bond donors (Lipinski definition) is 2. The molecular formula is C11H14KNO5. The van der Waals surface area contributed by atoms with Crippen LogP contribution in [0.15, 0.2) is 11.3 Å². The van der Waals surface area contributed by atoms with Gasteiger partial charge in [0.2, 0.25) is 5.91 Å². The van der Waals surface area contributed by atoms with Gasteiger partial charge in [0.15, 0.2) is 0 Å². The smallest absolute Gasteiger partial charge is 0.543 e. The summed E-state index contributed by atoms with van der Waals surface area (Å²) >= 11 is 0. The SMILES string of the molecule is C[C@@H](O)[C@H]1C(=O)N2C(C(=O)[O-])=C(CO)[C@H](C)[C@H]12.[K+]. The molecule has 7 heteroatoms. The summed E-state index contributed by atoms with van der Waals surface area (Å²) in [4.78, 5) is 23.9. The van der Waals surface area contributed by atoms with Crippen LogP contribution in [0.25, 0.3) is 0 Å². The number of carboxylic acids is 1. The van der Waals surface area contributed by atoms with Crippen molar-refractivity contribution in [3.63, 3.8) is 0 Å². The van der Waals surface area contributed by atoms with E-state index < -0.39 is 30.5 Å². The topological polar surface area (TPSA) is 101 Å². The van der Waals surface area contributed by atoms with Crippen LogP contribution in [0.3, 0.4) is 0 Å². The largest absolute Gasteiger partial charge is 1.00 e. The zero-order chi connectivity index (χ0) is 12.9. The molecule has 6 nitrogen and oxygen atoms in total. The molecule has 2 N–H and O–H groups in total. The van der Waals surface area contributed by atoms with Crippen LogP contribution in [0, 0.1) is 11.8 Å². The number of amides is 1. The molecule has 0 radical (unpaired) electrons. The second-order valence-corrected chi connectivity index (χ2v) is 4.57. The third kappa shape index (κ3) is 2.11. The van der Waals surface area contributed by atoms with Crippen molar-refractivity contribution in [3.05, 3.63) is 11.3 Å². The van der Waals surface area contributed by atoms with Crippen molar-refractivity contribution in [2.45, 2.75) is 26.0 Å². The Labute approximate surface area is 147 Å². The van der Waals surface area contributed by atoms with E-state index in [4.69, 9.17) is 0 Å². The van der Waals surface area contributed by atoms with Gasteiger partial charge in [-0.2, -0.15) is 0 Å². The summed E-state index contributed by atoms with van der Waals surface area (Å²) in [7, 11) is 0. The number of hydrogen-bond acceptors (Lipinski definition) is 5. The van der Waals surface area contributed by atoms with E-state index in [-0.39, 0.29) is 69.0 Å². The first kappa shape index (κ1) is 16.3. The Hall–Kier alpha value is 0.236. The van der Waals surface area contributed by atoms with E-state index in [9.17, 15) is 24.9 Å². The van der Waals surface area contributed by atoms with E-state index in [1.165, 1.54) is 6.92 Å². The van der Waals surface area contributed by atoms with Crippen LogP contribution in [0.5, 0.6) is 0 Å². The van der Waals surface area contributed by atoms with Crippen LogP contribution in [0.4, 0.5) is 0 Å². The normalized spacial score (nSPS) is 31.7. The fraction of sp³-hybridized carbons (Fsp3) is 0.636. The molecule has 0 aromatic rings. The van der Waals surface area contributed by atoms with Crippen LogP contribution in [-0.4, -0.2) is 45.7 Å². The van der Waals surface area contributed by atoms with Crippen molar-refractivity contribution in [2.24, 2.45) is 11.8 Å². The van der Waals surface area contributed by atoms with Crippen molar-refractivity contribution in [2.75, 3.05) is 6.61 Å². The zero-order valence-corrected chi connectivity index (χ0v) is 13.7. The van der Waals surface area contributed by atoms with Gasteiger partial charge < -0.3 is 25.0 Å². The minimum Gasteiger partial charge on any atom is -0.543 e. The van der Waals surface area contributed by atoms with Crippen LogP contribution < -0.4 is 56.5 Å². The second-order valence-electron chi connectivity index (χ2n) is 4.57. The number of carbonyl (C=O) groups is 2. The molecule has 2 rings (SSSR count). The van der Waals surface area contributed by atoms with Crippen molar-refractivity contribution in [3.8, 4) is 0 Å². The van der Waals surface area contributed by atoms with Gasteiger partial charge in [0.1, 0.15) is 0 Å². The molecule has 0 aromatic heterocycles. The quantitative estimate of drug-likeness (QED) is 0.397. The Balaban J connectivity index is 0.00000162. The predicted molar refractivity (Wildman–Crippen MR) is 54.1 cm³/mol. The van der Waals surface area contributed by atoms with E-state index in [1.54, 1.807) is 6.92 Å². The van der Waals surface area contributed by atoms with Gasteiger partial charge in [0.05, 0.1) is 36.3 Å². The first-order valence-corrected chi connectivity index (χ1v) is 5.48. The van der Waals surface area contributed by atoms with E-state index in [0.29, 0.717) is 5.57 Å². The predicted octanol–water partition coefficient (Wildman–Crippen LogP) is -5.16. The fourth-order valence-corrected chi connectivity index (χ4v) is 2.84. The van der Waals surface area contributed by atoms with Crippen LogP contribution in [0.2, 0.25) is 0 Å². The number of β-lactam (4-membered cyclic amide) rings is 1. The summed E-state index contributed by atoms with van der Waals surface area (Å²) in [5, 5.41) is 29.7. The summed E-state index contributed by atoms with van der Waals surface area (Å²) in [6, 6.07) is -0.377. The monoisotopic (exact) mass is 279 g/mol. The number of rotatable bonds is 3. The molecule has 0 bridgehead atoms. The number of aliphatic carboxylic acids is 1. The number of nitrogens with zero attached hydrogens (tertiary/aromatic N) is 1. The Bertz CT molecular complexity index is 420. The molecule has 94 valence electrons. The zero-order valence-electron chi connectivity index (χ0n) is 10.6. The van der Waals surface area contributed by atoms with Crippen LogP contribution in [0.1, 0.15) is 13.8 Å². The Morgan fingerprint density at radius 1 is 1.56 bits per heavy atom. The molecule has 2 heterocycles. The molecule has 1 fully saturated rings. The van der Waals surface area contributed by atoms with Crippen molar-refractivity contribution in [1.82, 2.24) is 4.90 Å². The van der Waals surface area contributed by atoms with Gasteiger partial charge in [-0.3, -0.25) is 4.79 Å². The molecule has 0 unspecified atom stereocenters. The summed E-state index contributed by atoms with van der Waals surface area (Å²) in [5.74, 6) is -2.74. The number of carboxylic acid groups (broad SMARTS) is 1. The maximum absolute atomic E-state index is 11.8. The van der Waals surface area contributed by atoms with Crippen molar-refractivity contribution >= 4 is 11.9 Å². The molecule has 0 saturated carbocycles. The van der Waals surface area contributed by atoms with E-state index in [0.717, 1.165) is 4.90 Å². The number of aliphatic hydroxyl groups excluding tert-OH is 2. The number of aliphatic hydroxyl groups is 2. The van der Waals surface area contributed by atoms with Crippen molar-refractivity contribution in [1.29, 1.82) is 0 Å². The number of carbonyl (C=O) groups excluding carboxylic acids is 2. The Kier molecular flexibility index (Phi) is 5.16. The molecule has 2 aliphatic rings. The summed E-state index contributed by atoms with van der Waals surface area (Å²) in [6.45, 7) is 2.82. The first-order valence-electron chi connectivity index (χ1n) is 5.48. The maximum atomic E-state index is 11.8. The molecule has 1 amide bonds. The minimum absolute atomic E-state index is 0. The third-order valence-corrected chi connectivity index (χ3v) is 3.68. The summed E-state index contributed by atoms with van der Waals surface area (Å²) in [6.07, 6.45) is -0.827. The van der Waals surface area contributed by atoms with Gasteiger partial charge >= 0.3 is 51.4 Å². The molecule has 2 aliphatic heterocycles. The first-order chi connectivity index (χ1) is 7.91. The molecule has 0 aliphatic carbocycles. The minimum atomic E-state index is -1.46. The Morgan fingerprint density at radius 2 is 2.11 bits per heavy atom. The number of fused-ring (bicyclic) bond motifs is 1. The standard InChI is InChI=1S/C11H15NO5.K/c1-4-6(3-13)9(11(16)17)12-8(4)7(5(2)14)10(12)15;/h4-5,7-8,13-14H,3H2,1-2H3,(H,16,17);/q;+1/p-1/t4-,5+,7+,8+;/m0./s1. The van der Waals surface area contributed by atoms with Gasteiger partial charge in [0.25, 0.3) is 0 Å². The Morgan fingerprint density at radius 3 is 2.50 bits per heavy atom. The average Bonchev–Trinajstić information content (AvgIpc) is 2.47. The van der Waals surface area contributed by atoms with Crippen LogP contribution in [-0.2, 0) is 9.59 Å². The van der Waals surface area contributed by atoms with Crippen LogP contribution >= 0.6 is 0 Å². The molecule has 0 aromatic carbocycles. The maximum Gasteiger partial charge on any atom is 1.00 e. The summed E-state index contributed by atoms with van der Waals surface area (Å²) < 4.78 is 0. The van der Waals surface area contributed by atoms with Crippen molar-refractivity contribution < 1.29 is 76.3 Å².